The molecular formula is C20H20ClN3. The third-order valence-corrected chi connectivity index (χ3v) is 4.65. The molecule has 0 fully saturated rings. The summed E-state index contributed by atoms with van der Waals surface area (Å²) in [6, 6.07) is 12.8. The van der Waals surface area contributed by atoms with Crippen molar-refractivity contribution in [1.82, 2.24) is 9.55 Å². The van der Waals surface area contributed by atoms with Crippen LogP contribution in [0.3, 0.4) is 0 Å². The Labute approximate surface area is 147 Å². The first-order chi connectivity index (χ1) is 11.6. The lowest BCUT2D eigenvalue weighted by Crippen LogP contribution is -2.01. The Morgan fingerprint density at radius 1 is 1.21 bits per heavy atom. The van der Waals surface area contributed by atoms with E-state index in [9.17, 15) is 5.26 Å². The highest BCUT2D eigenvalue weighted by molar-refractivity contribution is 6.17. The number of fused-ring (bicyclic) bond motifs is 1. The van der Waals surface area contributed by atoms with Gasteiger partial charge in [-0.3, -0.25) is 4.57 Å². The second-order valence-corrected chi connectivity index (χ2v) is 6.37. The zero-order chi connectivity index (χ0) is 17.3. The summed E-state index contributed by atoms with van der Waals surface area (Å²) in [4.78, 5) is 4.81. The lowest BCUT2D eigenvalue weighted by Gasteiger charge is -2.10. The van der Waals surface area contributed by atoms with Crippen LogP contribution in [0.4, 0.5) is 0 Å². The normalized spacial score (nSPS) is 11.0. The summed E-state index contributed by atoms with van der Waals surface area (Å²) >= 11 is 5.82. The fraction of sp³-hybridized carbons (Fsp3) is 0.300. The van der Waals surface area contributed by atoms with Crippen LogP contribution < -0.4 is 0 Å². The maximum atomic E-state index is 9.39. The Hall–Kier alpha value is -2.31. The monoisotopic (exact) mass is 337 g/mol. The largest absolute Gasteiger partial charge is 0.296 e. The van der Waals surface area contributed by atoms with E-state index < -0.39 is 0 Å². The topological polar surface area (TPSA) is 41.6 Å². The van der Waals surface area contributed by atoms with Gasteiger partial charge in [-0.05, 0) is 55.2 Å². The Balaban J connectivity index is 2.25. The van der Waals surface area contributed by atoms with E-state index in [4.69, 9.17) is 16.6 Å². The van der Waals surface area contributed by atoms with Gasteiger partial charge in [0, 0.05) is 18.0 Å². The first kappa shape index (κ1) is 16.5. The van der Waals surface area contributed by atoms with Gasteiger partial charge in [-0.1, -0.05) is 19.1 Å². The fourth-order valence-corrected chi connectivity index (χ4v) is 3.42. The number of aryl methyl sites for hydroxylation is 4. The number of hydrogen-bond donors (Lipinski definition) is 0. The predicted octanol–water partition coefficient (Wildman–Crippen LogP) is 4.86. The van der Waals surface area contributed by atoms with Crippen molar-refractivity contribution in [1.29, 1.82) is 5.26 Å². The van der Waals surface area contributed by atoms with Gasteiger partial charge in [0.05, 0.1) is 22.7 Å². The van der Waals surface area contributed by atoms with Gasteiger partial charge in [0.1, 0.15) is 5.82 Å². The molecular weight excluding hydrogens is 318 g/mol. The molecule has 0 atom stereocenters. The second kappa shape index (κ2) is 6.67. The molecule has 24 heavy (non-hydrogen) atoms. The van der Waals surface area contributed by atoms with E-state index in [1.807, 2.05) is 13.8 Å². The molecule has 3 nitrogen and oxygen atoms in total. The molecule has 0 aliphatic carbocycles. The molecule has 0 aliphatic rings. The van der Waals surface area contributed by atoms with E-state index in [1.165, 1.54) is 5.56 Å². The van der Waals surface area contributed by atoms with E-state index in [1.54, 1.807) is 0 Å². The summed E-state index contributed by atoms with van der Waals surface area (Å²) in [5.41, 5.74) is 6.98. The third-order valence-electron chi connectivity index (χ3n) is 4.47. The second-order valence-electron chi connectivity index (χ2n) is 6.00. The number of nitrogens with zero attached hydrogens (tertiary/aromatic N) is 3. The fourth-order valence-electron chi connectivity index (χ4n) is 3.20. The lowest BCUT2D eigenvalue weighted by molar-refractivity contribution is 0.907. The van der Waals surface area contributed by atoms with E-state index >= 15 is 0 Å². The number of halogens is 1. The number of benzene rings is 2. The molecule has 0 spiro atoms. The van der Waals surface area contributed by atoms with Crippen molar-refractivity contribution >= 4 is 22.6 Å². The summed E-state index contributed by atoms with van der Waals surface area (Å²) in [7, 11) is 0. The molecule has 1 heterocycles. The van der Waals surface area contributed by atoms with Crippen LogP contribution in [0.15, 0.2) is 30.3 Å². The van der Waals surface area contributed by atoms with Gasteiger partial charge in [-0.2, -0.15) is 5.26 Å². The molecule has 0 saturated carbocycles. The minimum absolute atomic E-state index is 0.628. The van der Waals surface area contributed by atoms with Crippen LogP contribution in [0.1, 0.15) is 35.0 Å². The first-order valence-electron chi connectivity index (χ1n) is 8.17. The molecule has 0 radical (unpaired) electrons. The van der Waals surface area contributed by atoms with Gasteiger partial charge < -0.3 is 0 Å². The summed E-state index contributed by atoms with van der Waals surface area (Å²) in [6.45, 7) is 6.07. The van der Waals surface area contributed by atoms with Gasteiger partial charge in [-0.25, -0.2) is 4.98 Å². The van der Waals surface area contributed by atoms with E-state index in [0.717, 1.165) is 52.1 Å². The lowest BCUT2D eigenvalue weighted by atomic mass is 10.0. The van der Waals surface area contributed by atoms with Crippen molar-refractivity contribution in [2.45, 2.75) is 33.6 Å². The number of nitriles is 1. The standard InChI is InChI=1S/C20H20ClN3/c1-4-19-23-20-14(3)17(12-22)13(2)11-18(20)24(19)16-7-5-15(6-8-16)9-10-21/h5-8,11H,4,9-10H2,1-3H3. The van der Waals surface area contributed by atoms with Crippen molar-refractivity contribution in [2.75, 3.05) is 5.88 Å². The van der Waals surface area contributed by atoms with Gasteiger partial charge in [-0.15, -0.1) is 11.6 Å². The quantitative estimate of drug-likeness (QED) is 0.638. The Morgan fingerprint density at radius 2 is 1.92 bits per heavy atom. The molecule has 122 valence electrons. The maximum absolute atomic E-state index is 9.39. The number of hydrogen-bond acceptors (Lipinski definition) is 2. The highest BCUT2D eigenvalue weighted by atomic mass is 35.5. The van der Waals surface area contributed by atoms with Crippen molar-refractivity contribution in [3.05, 3.63) is 58.4 Å². The summed E-state index contributed by atoms with van der Waals surface area (Å²) in [6.07, 6.45) is 1.70. The molecule has 0 N–H and O–H groups in total. The highest BCUT2D eigenvalue weighted by Crippen LogP contribution is 2.28. The average molecular weight is 338 g/mol. The van der Waals surface area contributed by atoms with Gasteiger partial charge in [0.25, 0.3) is 0 Å². The number of aromatic nitrogens is 2. The molecule has 4 heteroatoms. The van der Waals surface area contributed by atoms with Gasteiger partial charge >= 0.3 is 0 Å². The number of alkyl halides is 1. The van der Waals surface area contributed by atoms with Crippen LogP contribution in [0.25, 0.3) is 16.7 Å². The molecule has 3 aromatic rings. The Bertz CT molecular complexity index is 930. The first-order valence-corrected chi connectivity index (χ1v) is 8.71. The number of rotatable bonds is 4. The van der Waals surface area contributed by atoms with Gasteiger partial charge in [0.2, 0.25) is 0 Å². The van der Waals surface area contributed by atoms with Crippen molar-refractivity contribution in [3.8, 4) is 11.8 Å². The molecule has 1 aromatic heterocycles. The molecule has 0 saturated heterocycles. The zero-order valence-corrected chi connectivity index (χ0v) is 15.0. The summed E-state index contributed by atoms with van der Waals surface area (Å²) in [5, 5.41) is 9.39. The van der Waals surface area contributed by atoms with Crippen molar-refractivity contribution in [2.24, 2.45) is 0 Å². The third kappa shape index (κ3) is 2.68. The minimum atomic E-state index is 0.628. The van der Waals surface area contributed by atoms with Crippen LogP contribution in [0.5, 0.6) is 0 Å². The summed E-state index contributed by atoms with van der Waals surface area (Å²) < 4.78 is 2.20. The molecule has 0 bridgehead atoms. The van der Waals surface area contributed by atoms with Crippen molar-refractivity contribution < 1.29 is 0 Å². The Morgan fingerprint density at radius 3 is 2.50 bits per heavy atom. The van der Waals surface area contributed by atoms with E-state index in [0.29, 0.717) is 5.88 Å². The maximum Gasteiger partial charge on any atom is 0.114 e. The van der Waals surface area contributed by atoms with Crippen LogP contribution >= 0.6 is 11.6 Å². The molecule has 0 unspecified atom stereocenters. The molecule has 3 rings (SSSR count). The minimum Gasteiger partial charge on any atom is -0.296 e. The van der Waals surface area contributed by atoms with Crippen LogP contribution in [0.2, 0.25) is 0 Å². The summed E-state index contributed by atoms with van der Waals surface area (Å²) in [5.74, 6) is 1.63. The predicted molar refractivity (Wildman–Crippen MR) is 99.1 cm³/mol. The van der Waals surface area contributed by atoms with Crippen LogP contribution in [0, 0.1) is 25.2 Å². The smallest absolute Gasteiger partial charge is 0.114 e. The average Bonchev–Trinajstić information content (AvgIpc) is 2.95. The van der Waals surface area contributed by atoms with E-state index in [-0.39, 0.29) is 0 Å². The number of imidazole rings is 1. The Kier molecular flexibility index (Phi) is 4.59. The zero-order valence-electron chi connectivity index (χ0n) is 14.2. The molecule has 2 aromatic carbocycles. The van der Waals surface area contributed by atoms with Crippen molar-refractivity contribution in [3.63, 3.8) is 0 Å². The SMILES string of the molecule is CCc1nc2c(C)c(C#N)c(C)cc2n1-c1ccc(CCCl)cc1. The molecule has 0 aliphatic heterocycles. The van der Waals surface area contributed by atoms with Crippen LogP contribution in [-0.2, 0) is 12.8 Å². The highest BCUT2D eigenvalue weighted by Gasteiger charge is 2.16. The van der Waals surface area contributed by atoms with E-state index in [2.05, 4.69) is 47.9 Å². The van der Waals surface area contributed by atoms with Crippen LogP contribution in [-0.4, -0.2) is 15.4 Å². The van der Waals surface area contributed by atoms with Gasteiger partial charge in [0.15, 0.2) is 0 Å². The molecule has 0 amide bonds.